The van der Waals surface area contributed by atoms with E-state index in [-0.39, 0.29) is 11.7 Å². The van der Waals surface area contributed by atoms with E-state index in [0.717, 1.165) is 0 Å². The van der Waals surface area contributed by atoms with E-state index in [0.29, 0.717) is 13.0 Å². The van der Waals surface area contributed by atoms with Crippen LogP contribution in [0.15, 0.2) is 0 Å². The molecule has 0 aromatic rings. The average Bonchev–Trinajstić information content (AvgIpc) is 2.67. The number of rotatable bonds is 6. The predicted octanol–water partition coefficient (Wildman–Crippen LogP) is 0.272. The first-order chi connectivity index (χ1) is 9.58. The second kappa shape index (κ2) is 6.74. The highest BCUT2D eigenvalue weighted by Gasteiger charge is 2.40. The lowest BCUT2D eigenvalue weighted by Crippen LogP contribution is -2.53. The molecule has 3 unspecified atom stereocenters. The summed E-state index contributed by atoms with van der Waals surface area (Å²) in [5.74, 6) is -2.30. The van der Waals surface area contributed by atoms with Crippen LogP contribution in [0, 0.1) is 11.8 Å². The quantitative estimate of drug-likeness (QED) is 0.731. The molecule has 0 aliphatic carbocycles. The van der Waals surface area contributed by atoms with Gasteiger partial charge >= 0.3 is 5.97 Å². The Hall–Kier alpha value is -1.15. The number of carboxylic acids is 1. The van der Waals surface area contributed by atoms with E-state index in [1.807, 2.05) is 0 Å². The number of hydrogen-bond acceptors (Lipinski definition) is 4. The summed E-state index contributed by atoms with van der Waals surface area (Å²) in [5, 5.41) is 11.6. The molecule has 1 fully saturated rings. The van der Waals surface area contributed by atoms with Crippen molar-refractivity contribution >= 4 is 21.9 Å². The molecule has 0 bridgehead atoms. The fourth-order valence-electron chi connectivity index (χ4n) is 2.39. The summed E-state index contributed by atoms with van der Waals surface area (Å²) in [6.45, 7) is 7.00. The third-order valence-electron chi connectivity index (χ3n) is 3.86. The predicted molar refractivity (Wildman–Crippen MR) is 78.1 cm³/mol. The topological polar surface area (TPSA) is 104 Å². The van der Waals surface area contributed by atoms with Crippen LogP contribution in [0.2, 0.25) is 0 Å². The maximum Gasteiger partial charge on any atom is 0.308 e. The molecule has 1 saturated heterocycles. The Labute approximate surface area is 125 Å². The Bertz CT molecular complexity index is 503. The van der Waals surface area contributed by atoms with Gasteiger partial charge in [0.2, 0.25) is 15.9 Å². The van der Waals surface area contributed by atoms with Gasteiger partial charge in [0.05, 0.1) is 11.7 Å². The van der Waals surface area contributed by atoms with Crippen molar-refractivity contribution in [2.75, 3.05) is 12.3 Å². The molecule has 0 aromatic heterocycles. The van der Waals surface area contributed by atoms with Crippen LogP contribution in [0.3, 0.4) is 0 Å². The van der Waals surface area contributed by atoms with Crippen LogP contribution < -0.4 is 5.32 Å². The summed E-state index contributed by atoms with van der Waals surface area (Å²) >= 11 is 0. The van der Waals surface area contributed by atoms with Crippen molar-refractivity contribution in [3.63, 3.8) is 0 Å². The molecule has 1 amide bonds. The molecule has 1 aliphatic heterocycles. The second-order valence-corrected chi connectivity index (χ2v) is 7.93. The summed E-state index contributed by atoms with van der Waals surface area (Å²) in [6.07, 6.45) is 0.514. The molecule has 1 heterocycles. The zero-order valence-electron chi connectivity index (χ0n) is 12.9. The smallest absolute Gasteiger partial charge is 0.308 e. The summed E-state index contributed by atoms with van der Waals surface area (Å²) in [5.41, 5.74) is 0. The van der Waals surface area contributed by atoms with Crippen molar-refractivity contribution in [3.8, 4) is 0 Å². The summed E-state index contributed by atoms with van der Waals surface area (Å²) in [6, 6.07) is -1.36. The van der Waals surface area contributed by atoms with E-state index < -0.39 is 39.9 Å². The average molecular weight is 320 g/mol. The number of nitrogens with one attached hydrogen (secondary N) is 1. The number of carbonyl (C=O) groups is 2. The van der Waals surface area contributed by atoms with Crippen molar-refractivity contribution in [1.29, 1.82) is 0 Å². The molecule has 0 radical (unpaired) electrons. The lowest BCUT2D eigenvalue weighted by Gasteiger charge is -2.30. The minimum absolute atomic E-state index is 0.0601. The van der Waals surface area contributed by atoms with Crippen LogP contribution in [0.1, 0.15) is 34.1 Å². The number of nitrogens with zero attached hydrogens (tertiary/aromatic N) is 1. The number of sulfonamides is 1. The van der Waals surface area contributed by atoms with Crippen LogP contribution in [-0.2, 0) is 19.6 Å². The SMILES string of the molecule is CC(C)C(C(=O)NC(C)C(C)C(=O)O)N1CCCS1(=O)=O. The molecular formula is C13H24N2O5S. The van der Waals surface area contributed by atoms with Crippen LogP contribution >= 0.6 is 0 Å². The largest absolute Gasteiger partial charge is 0.481 e. The van der Waals surface area contributed by atoms with E-state index >= 15 is 0 Å². The first-order valence-electron chi connectivity index (χ1n) is 7.10. The van der Waals surface area contributed by atoms with Crippen LogP contribution in [0.25, 0.3) is 0 Å². The van der Waals surface area contributed by atoms with Crippen molar-refractivity contribution in [2.45, 2.75) is 46.2 Å². The van der Waals surface area contributed by atoms with Gasteiger partial charge in [-0.2, -0.15) is 4.31 Å². The number of aliphatic carboxylic acids is 1. The minimum Gasteiger partial charge on any atom is -0.481 e. The minimum atomic E-state index is -3.39. The number of hydrogen-bond donors (Lipinski definition) is 2. The molecule has 1 rings (SSSR count). The Kier molecular flexibility index (Phi) is 5.75. The van der Waals surface area contributed by atoms with Crippen LogP contribution in [0.5, 0.6) is 0 Å². The van der Waals surface area contributed by atoms with E-state index in [2.05, 4.69) is 5.32 Å². The molecule has 21 heavy (non-hydrogen) atoms. The lowest BCUT2D eigenvalue weighted by molar-refractivity contribution is -0.142. The van der Waals surface area contributed by atoms with Gasteiger partial charge in [0, 0.05) is 12.6 Å². The first-order valence-corrected chi connectivity index (χ1v) is 8.71. The second-order valence-electron chi connectivity index (χ2n) is 5.89. The third-order valence-corrected chi connectivity index (χ3v) is 5.79. The van der Waals surface area contributed by atoms with E-state index in [9.17, 15) is 18.0 Å². The molecule has 0 aromatic carbocycles. The molecular weight excluding hydrogens is 296 g/mol. The van der Waals surface area contributed by atoms with E-state index in [1.165, 1.54) is 11.2 Å². The molecule has 3 atom stereocenters. The molecule has 122 valence electrons. The van der Waals surface area contributed by atoms with Crippen LogP contribution in [-0.4, -0.2) is 54.1 Å². The lowest BCUT2D eigenvalue weighted by atomic mass is 10.00. The molecule has 0 spiro atoms. The normalized spacial score (nSPS) is 22.7. The highest BCUT2D eigenvalue weighted by molar-refractivity contribution is 7.89. The third kappa shape index (κ3) is 4.16. The van der Waals surface area contributed by atoms with Gasteiger partial charge < -0.3 is 10.4 Å². The molecule has 1 aliphatic rings. The zero-order chi connectivity index (χ0) is 16.4. The zero-order valence-corrected chi connectivity index (χ0v) is 13.7. The highest BCUT2D eigenvalue weighted by atomic mass is 32.2. The van der Waals surface area contributed by atoms with E-state index in [1.54, 1.807) is 20.8 Å². The Morgan fingerprint density at radius 1 is 1.19 bits per heavy atom. The summed E-state index contributed by atoms with van der Waals surface area (Å²) in [4.78, 5) is 23.3. The Morgan fingerprint density at radius 2 is 1.76 bits per heavy atom. The van der Waals surface area contributed by atoms with Gasteiger partial charge in [0.25, 0.3) is 0 Å². The van der Waals surface area contributed by atoms with Crippen LogP contribution in [0.4, 0.5) is 0 Å². The van der Waals surface area contributed by atoms with Gasteiger partial charge in [-0.05, 0) is 26.2 Å². The Morgan fingerprint density at radius 3 is 2.14 bits per heavy atom. The fraction of sp³-hybridized carbons (Fsp3) is 0.846. The number of amides is 1. The molecule has 8 heteroatoms. The van der Waals surface area contributed by atoms with Gasteiger partial charge in [-0.3, -0.25) is 9.59 Å². The van der Waals surface area contributed by atoms with Crippen molar-refractivity contribution in [2.24, 2.45) is 11.8 Å². The Balaban J connectivity index is 2.87. The number of carbonyl (C=O) groups excluding carboxylic acids is 1. The van der Waals surface area contributed by atoms with Gasteiger partial charge in [-0.1, -0.05) is 13.8 Å². The summed E-state index contributed by atoms with van der Waals surface area (Å²) in [7, 11) is -3.39. The maximum absolute atomic E-state index is 12.4. The van der Waals surface area contributed by atoms with Gasteiger partial charge in [0.15, 0.2) is 0 Å². The monoisotopic (exact) mass is 320 g/mol. The standard InChI is InChI=1S/C13H24N2O5S/c1-8(2)11(15-6-5-7-21(15,19)20)12(16)14-10(4)9(3)13(17)18/h8-11H,5-7H2,1-4H3,(H,14,16)(H,17,18). The number of carboxylic acid groups (broad SMARTS) is 1. The van der Waals surface area contributed by atoms with Gasteiger partial charge in [-0.15, -0.1) is 0 Å². The highest BCUT2D eigenvalue weighted by Crippen LogP contribution is 2.22. The molecule has 0 saturated carbocycles. The maximum atomic E-state index is 12.4. The molecule has 7 nitrogen and oxygen atoms in total. The first kappa shape index (κ1) is 17.9. The molecule has 2 N–H and O–H groups in total. The fourth-order valence-corrected chi connectivity index (χ4v) is 4.21. The van der Waals surface area contributed by atoms with Crippen molar-refractivity contribution in [3.05, 3.63) is 0 Å². The van der Waals surface area contributed by atoms with Crippen molar-refractivity contribution in [1.82, 2.24) is 9.62 Å². The van der Waals surface area contributed by atoms with E-state index in [4.69, 9.17) is 5.11 Å². The van der Waals surface area contributed by atoms with Gasteiger partial charge in [-0.25, -0.2) is 8.42 Å². The van der Waals surface area contributed by atoms with Gasteiger partial charge in [0.1, 0.15) is 6.04 Å². The summed E-state index contributed by atoms with van der Waals surface area (Å²) < 4.78 is 25.2. The van der Waals surface area contributed by atoms with Crippen molar-refractivity contribution < 1.29 is 23.1 Å².